The first kappa shape index (κ1) is 12.4. The Balaban J connectivity index is 2.31. The molecule has 0 aromatic heterocycles. The van der Waals surface area contributed by atoms with E-state index in [1.807, 2.05) is 13.0 Å². The van der Waals surface area contributed by atoms with E-state index in [4.69, 9.17) is 9.47 Å². The van der Waals surface area contributed by atoms with Crippen LogP contribution in [0.1, 0.15) is 18.4 Å². The molecule has 0 radical (unpaired) electrons. The van der Waals surface area contributed by atoms with Gasteiger partial charge in [0.15, 0.2) is 0 Å². The maximum absolute atomic E-state index is 12.1. The number of nitrogens with one attached hydrogen (secondary N) is 1. The van der Waals surface area contributed by atoms with E-state index in [0.717, 1.165) is 24.2 Å². The zero-order valence-corrected chi connectivity index (χ0v) is 11.1. The van der Waals surface area contributed by atoms with Gasteiger partial charge in [-0.2, -0.15) is 0 Å². The molecule has 1 saturated carbocycles. The molecule has 1 N–H and O–H groups in total. The number of ether oxygens (including phenoxy) is 2. The Hall–Kier alpha value is -1.07. The lowest BCUT2D eigenvalue weighted by Crippen LogP contribution is -2.20. The maximum Gasteiger partial charge on any atom is 0.142 e. The minimum atomic E-state index is -1.21. The lowest BCUT2D eigenvalue weighted by atomic mass is 10.2. The molecule has 0 aliphatic heterocycles. The Bertz CT molecular complexity index is 444. The third kappa shape index (κ3) is 2.61. The van der Waals surface area contributed by atoms with Crippen LogP contribution in [0.3, 0.4) is 0 Å². The number of benzene rings is 1. The summed E-state index contributed by atoms with van der Waals surface area (Å²) in [6.07, 6.45) is 2.20. The summed E-state index contributed by atoms with van der Waals surface area (Å²) in [5.41, 5.74) is 0.874. The fourth-order valence-corrected chi connectivity index (χ4v) is 2.95. The Morgan fingerprint density at radius 1 is 1.29 bits per heavy atom. The highest BCUT2D eigenvalue weighted by Crippen LogP contribution is 2.33. The first-order chi connectivity index (χ1) is 8.17. The molecule has 1 aromatic carbocycles. The SMILES string of the molecule is COc1ccc(S(=O)NC2CC2)c(OC)c1C. The summed E-state index contributed by atoms with van der Waals surface area (Å²) in [5, 5.41) is 0. The highest BCUT2D eigenvalue weighted by atomic mass is 32.2. The van der Waals surface area contributed by atoms with Gasteiger partial charge in [-0.3, -0.25) is 0 Å². The topological polar surface area (TPSA) is 47.6 Å². The summed E-state index contributed by atoms with van der Waals surface area (Å²) in [4.78, 5) is 0.678. The highest BCUT2D eigenvalue weighted by molar-refractivity contribution is 7.83. The van der Waals surface area contributed by atoms with Crippen molar-refractivity contribution < 1.29 is 13.7 Å². The van der Waals surface area contributed by atoms with E-state index in [-0.39, 0.29) is 0 Å². The molecule has 4 nitrogen and oxygen atoms in total. The molecule has 17 heavy (non-hydrogen) atoms. The van der Waals surface area contributed by atoms with Crippen molar-refractivity contribution in [3.05, 3.63) is 17.7 Å². The van der Waals surface area contributed by atoms with Crippen molar-refractivity contribution >= 4 is 11.0 Å². The summed E-state index contributed by atoms with van der Waals surface area (Å²) in [7, 11) is 1.98. The number of methoxy groups -OCH3 is 2. The molecular formula is C12H17NO3S. The first-order valence-corrected chi connectivity index (χ1v) is 6.72. The molecule has 0 bridgehead atoms. The number of hydrogen-bond donors (Lipinski definition) is 1. The van der Waals surface area contributed by atoms with Gasteiger partial charge >= 0.3 is 0 Å². The van der Waals surface area contributed by atoms with Crippen molar-refractivity contribution in [3.63, 3.8) is 0 Å². The minimum absolute atomic E-state index is 0.392. The Labute approximate surface area is 104 Å². The van der Waals surface area contributed by atoms with Gasteiger partial charge in [-0.1, -0.05) is 0 Å². The molecule has 1 unspecified atom stereocenters. The molecular weight excluding hydrogens is 238 g/mol. The van der Waals surface area contributed by atoms with Gasteiger partial charge in [-0.25, -0.2) is 8.93 Å². The fraction of sp³-hybridized carbons (Fsp3) is 0.500. The van der Waals surface area contributed by atoms with Crippen LogP contribution in [-0.4, -0.2) is 24.5 Å². The predicted molar refractivity (Wildman–Crippen MR) is 66.8 cm³/mol. The molecule has 1 fully saturated rings. The molecule has 1 atom stereocenters. The summed E-state index contributed by atoms with van der Waals surface area (Å²) in [6.45, 7) is 1.90. The second-order valence-electron chi connectivity index (χ2n) is 4.09. The van der Waals surface area contributed by atoms with Crippen molar-refractivity contribution in [1.29, 1.82) is 0 Å². The molecule has 1 aliphatic carbocycles. The average Bonchev–Trinajstić information content (AvgIpc) is 3.12. The van der Waals surface area contributed by atoms with Gasteiger partial charge < -0.3 is 9.47 Å². The summed E-state index contributed by atoms with van der Waals surface area (Å²) in [5.74, 6) is 1.38. The monoisotopic (exact) mass is 255 g/mol. The molecule has 5 heteroatoms. The van der Waals surface area contributed by atoms with Gasteiger partial charge in [0.05, 0.1) is 19.1 Å². The van der Waals surface area contributed by atoms with Crippen molar-refractivity contribution in [2.75, 3.05) is 14.2 Å². The van der Waals surface area contributed by atoms with E-state index < -0.39 is 11.0 Å². The molecule has 94 valence electrons. The minimum Gasteiger partial charge on any atom is -0.496 e. The normalized spacial score (nSPS) is 16.6. The Morgan fingerprint density at radius 3 is 2.53 bits per heavy atom. The number of rotatable bonds is 5. The third-order valence-electron chi connectivity index (χ3n) is 2.79. The van der Waals surface area contributed by atoms with Crippen LogP contribution < -0.4 is 14.2 Å². The van der Waals surface area contributed by atoms with Crippen LogP contribution in [0.5, 0.6) is 11.5 Å². The van der Waals surface area contributed by atoms with E-state index in [1.165, 1.54) is 0 Å². The third-order valence-corrected chi connectivity index (χ3v) is 4.06. The molecule has 0 saturated heterocycles. The van der Waals surface area contributed by atoms with E-state index >= 15 is 0 Å². The second-order valence-corrected chi connectivity index (χ2v) is 5.30. The van der Waals surface area contributed by atoms with E-state index in [0.29, 0.717) is 16.7 Å². The summed E-state index contributed by atoms with van der Waals surface area (Å²) < 4.78 is 25.7. The molecule has 1 aromatic rings. The van der Waals surface area contributed by atoms with Gasteiger partial charge in [0.2, 0.25) is 0 Å². The largest absolute Gasteiger partial charge is 0.496 e. The van der Waals surface area contributed by atoms with Gasteiger partial charge in [-0.15, -0.1) is 0 Å². The van der Waals surface area contributed by atoms with Crippen LogP contribution >= 0.6 is 0 Å². The smallest absolute Gasteiger partial charge is 0.142 e. The van der Waals surface area contributed by atoms with E-state index in [1.54, 1.807) is 20.3 Å². The van der Waals surface area contributed by atoms with Crippen molar-refractivity contribution in [1.82, 2.24) is 4.72 Å². The highest BCUT2D eigenvalue weighted by Gasteiger charge is 2.25. The van der Waals surface area contributed by atoms with Crippen molar-refractivity contribution in [2.45, 2.75) is 30.7 Å². The van der Waals surface area contributed by atoms with Crippen LogP contribution in [0.2, 0.25) is 0 Å². The van der Waals surface area contributed by atoms with E-state index in [9.17, 15) is 4.21 Å². The average molecular weight is 255 g/mol. The fourth-order valence-electron chi connectivity index (χ4n) is 1.69. The van der Waals surface area contributed by atoms with Crippen LogP contribution in [0, 0.1) is 6.92 Å². The molecule has 1 aliphatic rings. The van der Waals surface area contributed by atoms with E-state index in [2.05, 4.69) is 4.72 Å². The van der Waals surface area contributed by atoms with Crippen molar-refractivity contribution in [3.8, 4) is 11.5 Å². The summed E-state index contributed by atoms with van der Waals surface area (Å²) >= 11 is 0. The Kier molecular flexibility index (Phi) is 3.69. The van der Waals surface area contributed by atoms with Crippen molar-refractivity contribution in [2.24, 2.45) is 0 Å². The van der Waals surface area contributed by atoms with Gasteiger partial charge in [0, 0.05) is 11.6 Å². The lowest BCUT2D eigenvalue weighted by molar-refractivity contribution is 0.381. The van der Waals surface area contributed by atoms with Crippen LogP contribution in [0.4, 0.5) is 0 Å². The molecule has 0 spiro atoms. The molecule has 0 amide bonds. The number of hydrogen-bond acceptors (Lipinski definition) is 3. The van der Waals surface area contributed by atoms with Gasteiger partial charge in [0.1, 0.15) is 22.5 Å². The zero-order valence-electron chi connectivity index (χ0n) is 10.3. The Morgan fingerprint density at radius 2 is 2.00 bits per heavy atom. The predicted octanol–water partition coefficient (Wildman–Crippen LogP) is 1.79. The zero-order chi connectivity index (χ0) is 12.4. The quantitative estimate of drug-likeness (QED) is 0.872. The van der Waals surface area contributed by atoms with Gasteiger partial charge in [0.25, 0.3) is 0 Å². The summed E-state index contributed by atoms with van der Waals surface area (Å²) in [6, 6.07) is 4.00. The van der Waals surface area contributed by atoms with Crippen LogP contribution in [0.25, 0.3) is 0 Å². The first-order valence-electron chi connectivity index (χ1n) is 5.57. The maximum atomic E-state index is 12.1. The van der Waals surface area contributed by atoms with Gasteiger partial charge in [-0.05, 0) is 31.9 Å². The van der Waals surface area contributed by atoms with Crippen LogP contribution in [0.15, 0.2) is 17.0 Å². The second kappa shape index (κ2) is 5.06. The molecule has 0 heterocycles. The molecule has 2 rings (SSSR count). The van der Waals surface area contributed by atoms with Crippen LogP contribution in [-0.2, 0) is 11.0 Å². The lowest BCUT2D eigenvalue weighted by Gasteiger charge is -2.14. The standard InChI is InChI=1S/C12H17NO3S/c1-8-10(15-2)6-7-11(12(8)16-3)17(14)13-9-4-5-9/h6-7,9,13H,4-5H2,1-3H3.